The van der Waals surface area contributed by atoms with Gasteiger partial charge in [-0.05, 0) is 11.5 Å². The fourth-order valence-corrected chi connectivity index (χ4v) is 0.509. The standard InChI is InChI=1S/C8H15N/c1-6(2)7(3)8(4)9-5/h6,9H,3-4H2,1-2,5H3. The van der Waals surface area contributed by atoms with Crippen LogP contribution in [-0.4, -0.2) is 7.05 Å². The van der Waals surface area contributed by atoms with E-state index >= 15 is 0 Å². The Labute approximate surface area is 57.5 Å². The summed E-state index contributed by atoms with van der Waals surface area (Å²) in [7, 11) is 1.86. The molecule has 0 rings (SSSR count). The number of hydrogen-bond acceptors (Lipinski definition) is 1. The minimum absolute atomic E-state index is 0.491. The maximum atomic E-state index is 3.86. The van der Waals surface area contributed by atoms with Crippen LogP contribution in [0.4, 0.5) is 0 Å². The van der Waals surface area contributed by atoms with Gasteiger partial charge in [-0.25, -0.2) is 0 Å². The lowest BCUT2D eigenvalue weighted by Crippen LogP contribution is -2.09. The first kappa shape index (κ1) is 8.28. The minimum Gasteiger partial charge on any atom is -0.388 e. The van der Waals surface area contributed by atoms with E-state index in [1.165, 1.54) is 0 Å². The summed E-state index contributed by atoms with van der Waals surface area (Å²) in [6.45, 7) is 11.9. The first-order chi connectivity index (χ1) is 4.09. The zero-order valence-corrected chi connectivity index (χ0v) is 6.49. The molecule has 0 aliphatic carbocycles. The molecular weight excluding hydrogens is 110 g/mol. The molecule has 1 N–H and O–H groups in total. The number of hydrogen-bond donors (Lipinski definition) is 1. The molecule has 0 fully saturated rings. The third kappa shape index (κ3) is 2.36. The van der Waals surface area contributed by atoms with Gasteiger partial charge in [-0.2, -0.15) is 0 Å². The molecule has 0 aliphatic rings. The Hall–Kier alpha value is -0.720. The van der Waals surface area contributed by atoms with E-state index in [0.29, 0.717) is 5.92 Å². The summed E-state index contributed by atoms with van der Waals surface area (Å²) in [5.74, 6) is 0.491. The topological polar surface area (TPSA) is 12.0 Å². The predicted molar refractivity (Wildman–Crippen MR) is 42.2 cm³/mol. The van der Waals surface area contributed by atoms with E-state index in [1.807, 2.05) is 7.05 Å². The molecule has 0 amide bonds. The number of likely N-dealkylation sites (N-methyl/N-ethyl adjacent to an activating group) is 1. The molecule has 0 aliphatic heterocycles. The Bertz CT molecular complexity index is 123. The van der Waals surface area contributed by atoms with Crippen LogP contribution in [0.5, 0.6) is 0 Å². The lowest BCUT2D eigenvalue weighted by atomic mass is 10.0. The molecule has 0 radical (unpaired) electrons. The highest BCUT2D eigenvalue weighted by Gasteiger charge is 2.00. The molecule has 9 heavy (non-hydrogen) atoms. The van der Waals surface area contributed by atoms with Crippen molar-refractivity contribution in [2.45, 2.75) is 13.8 Å². The van der Waals surface area contributed by atoms with Gasteiger partial charge in [0.25, 0.3) is 0 Å². The average Bonchev–Trinajstić information content (AvgIpc) is 1.84. The second kappa shape index (κ2) is 3.33. The molecule has 52 valence electrons. The van der Waals surface area contributed by atoms with E-state index in [2.05, 4.69) is 32.3 Å². The molecule has 0 spiro atoms. The Morgan fingerprint density at radius 2 is 1.78 bits per heavy atom. The molecule has 0 aromatic carbocycles. The summed E-state index contributed by atoms with van der Waals surface area (Å²) in [4.78, 5) is 0. The molecule has 1 nitrogen and oxygen atoms in total. The molecule has 0 bridgehead atoms. The van der Waals surface area contributed by atoms with Gasteiger partial charge in [-0.1, -0.05) is 27.0 Å². The van der Waals surface area contributed by atoms with Crippen LogP contribution in [0.15, 0.2) is 24.4 Å². The van der Waals surface area contributed by atoms with Crippen molar-refractivity contribution in [3.8, 4) is 0 Å². The van der Waals surface area contributed by atoms with E-state index in [9.17, 15) is 0 Å². The lowest BCUT2D eigenvalue weighted by Gasteiger charge is -2.10. The van der Waals surface area contributed by atoms with Crippen molar-refractivity contribution in [3.05, 3.63) is 24.4 Å². The summed E-state index contributed by atoms with van der Waals surface area (Å²) >= 11 is 0. The summed E-state index contributed by atoms with van der Waals surface area (Å²) in [5, 5.41) is 2.95. The van der Waals surface area contributed by atoms with Gasteiger partial charge >= 0.3 is 0 Å². The van der Waals surface area contributed by atoms with E-state index < -0.39 is 0 Å². The molecule has 0 heterocycles. The normalized spacial score (nSPS) is 9.33. The lowest BCUT2D eigenvalue weighted by molar-refractivity contribution is 0.760. The Morgan fingerprint density at radius 3 is 1.89 bits per heavy atom. The highest BCUT2D eigenvalue weighted by molar-refractivity contribution is 5.24. The summed E-state index contributed by atoms with van der Waals surface area (Å²) < 4.78 is 0. The minimum atomic E-state index is 0.491. The van der Waals surface area contributed by atoms with Crippen molar-refractivity contribution >= 4 is 0 Å². The third-order valence-electron chi connectivity index (χ3n) is 1.39. The predicted octanol–water partition coefficient (Wildman–Crippen LogP) is 1.93. The van der Waals surface area contributed by atoms with Crippen LogP contribution in [0.3, 0.4) is 0 Å². The smallest absolute Gasteiger partial charge is 0.0293 e. The second-order valence-corrected chi connectivity index (χ2v) is 2.41. The van der Waals surface area contributed by atoms with Crippen LogP contribution in [0.25, 0.3) is 0 Å². The summed E-state index contributed by atoms with van der Waals surface area (Å²) in [5.41, 5.74) is 2.02. The van der Waals surface area contributed by atoms with Crippen molar-refractivity contribution < 1.29 is 0 Å². The Morgan fingerprint density at radius 1 is 1.33 bits per heavy atom. The van der Waals surface area contributed by atoms with Gasteiger partial charge in [-0.3, -0.25) is 0 Å². The maximum Gasteiger partial charge on any atom is 0.0293 e. The van der Waals surface area contributed by atoms with Crippen molar-refractivity contribution in [3.63, 3.8) is 0 Å². The van der Waals surface area contributed by atoms with Gasteiger partial charge in [0.2, 0.25) is 0 Å². The number of nitrogens with one attached hydrogen (secondary N) is 1. The van der Waals surface area contributed by atoms with E-state index in [4.69, 9.17) is 0 Å². The van der Waals surface area contributed by atoms with Gasteiger partial charge in [0, 0.05) is 12.7 Å². The van der Waals surface area contributed by atoms with Gasteiger partial charge in [0.15, 0.2) is 0 Å². The average molecular weight is 125 g/mol. The summed E-state index contributed by atoms with van der Waals surface area (Å²) in [6, 6.07) is 0. The van der Waals surface area contributed by atoms with Gasteiger partial charge in [0.05, 0.1) is 0 Å². The van der Waals surface area contributed by atoms with Crippen molar-refractivity contribution in [2.75, 3.05) is 7.05 Å². The third-order valence-corrected chi connectivity index (χ3v) is 1.39. The van der Waals surface area contributed by atoms with Crippen molar-refractivity contribution in [1.29, 1.82) is 0 Å². The zero-order chi connectivity index (χ0) is 7.44. The second-order valence-electron chi connectivity index (χ2n) is 2.41. The van der Waals surface area contributed by atoms with Gasteiger partial charge in [0.1, 0.15) is 0 Å². The van der Waals surface area contributed by atoms with Crippen LogP contribution >= 0.6 is 0 Å². The fraction of sp³-hybridized carbons (Fsp3) is 0.500. The maximum absolute atomic E-state index is 3.86. The SMILES string of the molecule is C=C(NC)C(=C)C(C)C. The molecule has 0 saturated carbocycles. The van der Waals surface area contributed by atoms with Crippen LogP contribution in [0.1, 0.15) is 13.8 Å². The molecule has 0 aromatic heterocycles. The van der Waals surface area contributed by atoms with E-state index in [1.54, 1.807) is 0 Å². The molecule has 1 heteroatoms. The first-order valence-corrected chi connectivity index (χ1v) is 3.15. The first-order valence-electron chi connectivity index (χ1n) is 3.15. The summed E-state index contributed by atoms with van der Waals surface area (Å²) in [6.07, 6.45) is 0. The molecule has 0 atom stereocenters. The van der Waals surface area contributed by atoms with Crippen LogP contribution in [0.2, 0.25) is 0 Å². The van der Waals surface area contributed by atoms with Crippen molar-refractivity contribution in [2.24, 2.45) is 5.92 Å². The number of rotatable bonds is 3. The highest BCUT2D eigenvalue weighted by Crippen LogP contribution is 2.11. The quantitative estimate of drug-likeness (QED) is 0.568. The number of allylic oxidation sites excluding steroid dienone is 1. The largest absolute Gasteiger partial charge is 0.388 e. The fourth-order valence-electron chi connectivity index (χ4n) is 0.509. The molecular formula is C8H15N. The Balaban J connectivity index is 3.89. The zero-order valence-electron chi connectivity index (χ0n) is 6.49. The van der Waals surface area contributed by atoms with E-state index in [-0.39, 0.29) is 0 Å². The molecule has 0 aromatic rings. The van der Waals surface area contributed by atoms with Gasteiger partial charge < -0.3 is 5.32 Å². The van der Waals surface area contributed by atoms with Crippen molar-refractivity contribution in [1.82, 2.24) is 5.32 Å². The van der Waals surface area contributed by atoms with E-state index in [0.717, 1.165) is 11.3 Å². The van der Waals surface area contributed by atoms with Crippen LogP contribution in [0, 0.1) is 5.92 Å². The molecule has 0 saturated heterocycles. The van der Waals surface area contributed by atoms with Crippen LogP contribution < -0.4 is 5.32 Å². The molecule has 0 unspecified atom stereocenters. The van der Waals surface area contributed by atoms with Crippen LogP contribution in [-0.2, 0) is 0 Å². The Kier molecular flexibility index (Phi) is 3.07. The monoisotopic (exact) mass is 125 g/mol. The highest BCUT2D eigenvalue weighted by atomic mass is 14.8. The van der Waals surface area contributed by atoms with Gasteiger partial charge in [-0.15, -0.1) is 0 Å².